The number of hydrogen-bond acceptors (Lipinski definition) is 3. The fourth-order valence-electron chi connectivity index (χ4n) is 1.35. The summed E-state index contributed by atoms with van der Waals surface area (Å²) in [6.45, 7) is 3.43. The first-order valence-electron chi connectivity index (χ1n) is 5.99. The van der Waals surface area contributed by atoms with Gasteiger partial charge in [0.25, 0.3) is 0 Å². The molecule has 0 atom stereocenters. The van der Waals surface area contributed by atoms with E-state index in [4.69, 9.17) is 9.47 Å². The molecule has 0 radical (unpaired) electrons. The number of carbonyl (C=O) groups is 1. The van der Waals surface area contributed by atoms with Crippen molar-refractivity contribution < 1.29 is 18.7 Å². The van der Waals surface area contributed by atoms with Gasteiger partial charge in [-0.15, -0.1) is 0 Å². The molecule has 106 valence electrons. The number of benzene rings is 1. The molecule has 0 spiro atoms. The van der Waals surface area contributed by atoms with Crippen LogP contribution in [-0.2, 0) is 20.8 Å². The van der Waals surface area contributed by atoms with Gasteiger partial charge in [0.15, 0.2) is 0 Å². The number of ether oxygens (including phenoxy) is 2. The molecular formula is C13H17BrFNO3. The Morgan fingerprint density at radius 1 is 1.37 bits per heavy atom. The molecule has 0 bridgehead atoms. The van der Waals surface area contributed by atoms with Crippen molar-refractivity contribution >= 4 is 21.8 Å². The minimum Gasteiger partial charge on any atom is -0.379 e. The molecule has 1 rings (SSSR count). The normalized spacial score (nSPS) is 10.5. The van der Waals surface area contributed by atoms with Gasteiger partial charge in [-0.05, 0) is 25.1 Å². The molecule has 0 saturated carbocycles. The molecular weight excluding hydrogens is 317 g/mol. The number of carbonyl (C=O) groups excluding carboxylic acids is 1. The van der Waals surface area contributed by atoms with Crippen LogP contribution in [0.5, 0.6) is 0 Å². The highest BCUT2D eigenvalue weighted by atomic mass is 79.9. The Labute approximate surface area is 120 Å². The summed E-state index contributed by atoms with van der Waals surface area (Å²) in [4.78, 5) is 11.4. The van der Waals surface area contributed by atoms with E-state index >= 15 is 0 Å². The lowest BCUT2D eigenvalue weighted by molar-refractivity contribution is -0.126. The zero-order valence-electron chi connectivity index (χ0n) is 10.7. The quantitative estimate of drug-likeness (QED) is 0.742. The van der Waals surface area contributed by atoms with Crippen LogP contribution in [0.2, 0.25) is 0 Å². The maximum Gasteiger partial charge on any atom is 0.246 e. The van der Waals surface area contributed by atoms with Gasteiger partial charge in [0.05, 0.1) is 13.2 Å². The first kappa shape index (κ1) is 16.1. The zero-order chi connectivity index (χ0) is 14.1. The second-order valence-corrected chi connectivity index (χ2v) is 4.68. The van der Waals surface area contributed by atoms with Gasteiger partial charge in [-0.25, -0.2) is 4.39 Å². The third-order valence-electron chi connectivity index (χ3n) is 2.29. The third-order valence-corrected chi connectivity index (χ3v) is 2.79. The summed E-state index contributed by atoms with van der Waals surface area (Å²) >= 11 is 3.25. The average Bonchev–Trinajstić information content (AvgIpc) is 2.39. The first-order chi connectivity index (χ1) is 9.13. The summed E-state index contributed by atoms with van der Waals surface area (Å²) in [7, 11) is 0. The molecule has 1 amide bonds. The van der Waals surface area contributed by atoms with Gasteiger partial charge in [0.1, 0.15) is 12.4 Å². The van der Waals surface area contributed by atoms with Crippen LogP contribution in [0.15, 0.2) is 22.7 Å². The lowest BCUT2D eigenvalue weighted by atomic mass is 10.2. The molecule has 0 unspecified atom stereocenters. The summed E-state index contributed by atoms with van der Waals surface area (Å²) in [5.74, 6) is -0.628. The van der Waals surface area contributed by atoms with Crippen molar-refractivity contribution in [1.82, 2.24) is 5.32 Å². The number of halogens is 2. The molecule has 0 aliphatic carbocycles. The highest BCUT2D eigenvalue weighted by Gasteiger charge is 2.05. The Morgan fingerprint density at radius 3 is 2.84 bits per heavy atom. The minimum absolute atomic E-state index is 0.0529. The Balaban J connectivity index is 2.24. The monoisotopic (exact) mass is 333 g/mol. The van der Waals surface area contributed by atoms with Crippen LogP contribution in [0.25, 0.3) is 0 Å². The van der Waals surface area contributed by atoms with E-state index in [9.17, 15) is 9.18 Å². The smallest absolute Gasteiger partial charge is 0.246 e. The van der Waals surface area contributed by atoms with Crippen LogP contribution >= 0.6 is 15.9 Å². The minimum atomic E-state index is -0.347. The predicted molar refractivity (Wildman–Crippen MR) is 73.3 cm³/mol. The van der Waals surface area contributed by atoms with Gasteiger partial charge >= 0.3 is 0 Å². The molecule has 0 aromatic heterocycles. The van der Waals surface area contributed by atoms with E-state index in [2.05, 4.69) is 21.2 Å². The fraction of sp³-hybridized carbons (Fsp3) is 0.462. The Kier molecular flexibility index (Phi) is 7.62. The Hall–Kier alpha value is -0.980. The summed E-state index contributed by atoms with van der Waals surface area (Å²) in [6.07, 6.45) is 0. The van der Waals surface area contributed by atoms with Crippen molar-refractivity contribution in [2.24, 2.45) is 0 Å². The molecule has 0 heterocycles. The van der Waals surface area contributed by atoms with Crippen molar-refractivity contribution in [2.75, 3.05) is 26.4 Å². The maximum atomic E-state index is 13.4. The van der Waals surface area contributed by atoms with E-state index in [1.807, 2.05) is 6.92 Å². The first-order valence-corrected chi connectivity index (χ1v) is 6.79. The van der Waals surface area contributed by atoms with Gasteiger partial charge in [-0.2, -0.15) is 0 Å². The molecule has 0 aliphatic rings. The van der Waals surface area contributed by atoms with Crippen molar-refractivity contribution in [3.63, 3.8) is 0 Å². The molecule has 1 aromatic carbocycles. The van der Waals surface area contributed by atoms with Crippen LogP contribution in [0.4, 0.5) is 4.39 Å². The molecule has 4 nitrogen and oxygen atoms in total. The lowest BCUT2D eigenvalue weighted by Crippen LogP contribution is -2.28. The fourth-order valence-corrected chi connectivity index (χ4v) is 1.76. The van der Waals surface area contributed by atoms with Crippen LogP contribution in [-0.4, -0.2) is 32.3 Å². The number of rotatable bonds is 8. The summed E-state index contributed by atoms with van der Waals surface area (Å²) in [6, 6.07) is 4.59. The van der Waals surface area contributed by atoms with Crippen molar-refractivity contribution in [3.05, 3.63) is 34.1 Å². The molecule has 0 aliphatic heterocycles. The molecule has 1 aromatic rings. The van der Waals surface area contributed by atoms with E-state index in [1.165, 1.54) is 6.07 Å². The Bertz CT molecular complexity index is 415. The third kappa shape index (κ3) is 6.66. The van der Waals surface area contributed by atoms with Crippen molar-refractivity contribution in [1.29, 1.82) is 0 Å². The second-order valence-electron chi connectivity index (χ2n) is 3.76. The van der Waals surface area contributed by atoms with Crippen molar-refractivity contribution in [3.8, 4) is 0 Å². The molecule has 0 saturated heterocycles. The summed E-state index contributed by atoms with van der Waals surface area (Å²) in [5, 5.41) is 2.59. The largest absolute Gasteiger partial charge is 0.379 e. The van der Waals surface area contributed by atoms with Gasteiger partial charge in [-0.1, -0.05) is 15.9 Å². The van der Waals surface area contributed by atoms with Crippen LogP contribution in [0, 0.1) is 5.82 Å². The highest BCUT2D eigenvalue weighted by Crippen LogP contribution is 2.15. The number of hydrogen-bond donors (Lipinski definition) is 1. The van der Waals surface area contributed by atoms with E-state index in [0.29, 0.717) is 25.4 Å². The van der Waals surface area contributed by atoms with E-state index in [-0.39, 0.29) is 24.9 Å². The predicted octanol–water partition coefficient (Wildman–Crippen LogP) is 2.26. The number of nitrogens with one attached hydrogen (secondary N) is 1. The van der Waals surface area contributed by atoms with Gasteiger partial charge in [0.2, 0.25) is 5.91 Å². The standard InChI is InChI=1S/C13H17BrFNO3/c1-2-18-5-6-19-9-13(17)16-8-10-7-11(14)3-4-12(10)15/h3-4,7H,2,5-6,8-9H2,1H3,(H,16,17). The molecule has 6 heteroatoms. The maximum absolute atomic E-state index is 13.4. The van der Waals surface area contributed by atoms with E-state index < -0.39 is 0 Å². The van der Waals surface area contributed by atoms with E-state index in [0.717, 1.165) is 4.47 Å². The summed E-state index contributed by atoms with van der Waals surface area (Å²) < 4.78 is 24.3. The van der Waals surface area contributed by atoms with Gasteiger partial charge in [0, 0.05) is 23.2 Å². The van der Waals surface area contributed by atoms with Gasteiger partial charge < -0.3 is 14.8 Å². The van der Waals surface area contributed by atoms with Crippen molar-refractivity contribution in [2.45, 2.75) is 13.5 Å². The van der Waals surface area contributed by atoms with E-state index in [1.54, 1.807) is 12.1 Å². The highest BCUT2D eigenvalue weighted by molar-refractivity contribution is 9.10. The van der Waals surface area contributed by atoms with Crippen LogP contribution < -0.4 is 5.32 Å². The lowest BCUT2D eigenvalue weighted by Gasteiger charge is -2.07. The van der Waals surface area contributed by atoms with Crippen LogP contribution in [0.3, 0.4) is 0 Å². The average molecular weight is 334 g/mol. The van der Waals surface area contributed by atoms with Gasteiger partial charge in [-0.3, -0.25) is 4.79 Å². The van der Waals surface area contributed by atoms with Crippen LogP contribution in [0.1, 0.15) is 12.5 Å². The molecule has 0 fully saturated rings. The summed E-state index contributed by atoms with van der Waals surface area (Å²) in [5.41, 5.74) is 0.428. The Morgan fingerprint density at radius 2 is 2.11 bits per heavy atom. The molecule has 19 heavy (non-hydrogen) atoms. The topological polar surface area (TPSA) is 47.6 Å². The zero-order valence-corrected chi connectivity index (χ0v) is 12.3. The SMILES string of the molecule is CCOCCOCC(=O)NCc1cc(Br)ccc1F. The number of amides is 1. The second kappa shape index (κ2) is 9.01. The molecule has 1 N–H and O–H groups in total.